The fourth-order valence-corrected chi connectivity index (χ4v) is 1.82. The maximum Gasteiger partial charge on any atom is 0.142 e. The highest BCUT2D eigenvalue weighted by molar-refractivity contribution is 6.35. The van der Waals surface area contributed by atoms with E-state index in [2.05, 4.69) is 42.3 Å². The molecule has 0 radical (unpaired) electrons. The van der Waals surface area contributed by atoms with E-state index in [4.69, 9.17) is 0 Å². The average molecular weight is 174 g/mol. The molecule has 0 aromatic heterocycles. The molecule has 3 heteroatoms. The summed E-state index contributed by atoms with van der Waals surface area (Å²) in [7, 11) is 2.18. The molecular formula is C10H15BN2. The van der Waals surface area contributed by atoms with Crippen molar-refractivity contribution in [3.05, 3.63) is 24.3 Å². The zero-order valence-corrected chi connectivity index (χ0v) is 8.09. The predicted molar refractivity (Wildman–Crippen MR) is 59.7 cm³/mol. The Morgan fingerprint density at radius 1 is 1.15 bits per heavy atom. The highest BCUT2D eigenvalue weighted by Gasteiger charge is 2.10. The Morgan fingerprint density at radius 2 is 1.85 bits per heavy atom. The van der Waals surface area contributed by atoms with E-state index in [-0.39, 0.29) is 0 Å². The Labute approximate surface area is 80.3 Å². The van der Waals surface area contributed by atoms with E-state index in [1.807, 2.05) is 0 Å². The summed E-state index contributed by atoms with van der Waals surface area (Å²) < 4.78 is 0. The molecule has 1 aromatic rings. The number of benzene rings is 1. The minimum Gasteiger partial charge on any atom is -0.369 e. The van der Waals surface area contributed by atoms with E-state index in [1.165, 1.54) is 11.2 Å². The van der Waals surface area contributed by atoms with Crippen LogP contribution in [0.2, 0.25) is 0 Å². The number of nitrogens with zero attached hydrogens (tertiary/aromatic N) is 1. The summed E-state index contributed by atoms with van der Waals surface area (Å²) in [4.78, 5) is 2.45. The Hall–Kier alpha value is -0.955. The summed E-state index contributed by atoms with van der Waals surface area (Å²) in [5.41, 5.74) is 2.77. The topological polar surface area (TPSA) is 15.3 Å². The Kier molecular flexibility index (Phi) is 2.55. The van der Waals surface area contributed by atoms with Gasteiger partial charge in [0.25, 0.3) is 0 Å². The number of rotatable bonds is 1. The van der Waals surface area contributed by atoms with Crippen molar-refractivity contribution in [1.29, 1.82) is 0 Å². The second kappa shape index (κ2) is 3.84. The number of hydrogen-bond donors (Lipinski definition) is 1. The van der Waals surface area contributed by atoms with E-state index >= 15 is 0 Å². The van der Waals surface area contributed by atoms with Gasteiger partial charge in [-0.05, 0) is 6.07 Å². The minimum absolute atomic E-state index is 1.11. The number of para-hydroxylation sites is 1. The smallest absolute Gasteiger partial charge is 0.142 e. The molecule has 0 aliphatic carbocycles. The van der Waals surface area contributed by atoms with Crippen LogP contribution >= 0.6 is 0 Å². The van der Waals surface area contributed by atoms with Crippen molar-refractivity contribution in [1.82, 2.24) is 5.32 Å². The minimum atomic E-state index is 1.11. The van der Waals surface area contributed by atoms with E-state index in [9.17, 15) is 0 Å². The molecule has 0 bridgehead atoms. The van der Waals surface area contributed by atoms with Gasteiger partial charge in [0.05, 0.1) is 0 Å². The first kappa shape index (κ1) is 8.63. The Bertz CT molecular complexity index is 282. The molecule has 13 heavy (non-hydrogen) atoms. The Morgan fingerprint density at radius 3 is 2.54 bits per heavy atom. The van der Waals surface area contributed by atoms with Gasteiger partial charge in [0.1, 0.15) is 7.85 Å². The monoisotopic (exact) mass is 174 g/mol. The van der Waals surface area contributed by atoms with Gasteiger partial charge in [0, 0.05) is 31.9 Å². The second-order valence-electron chi connectivity index (χ2n) is 3.52. The molecule has 1 aromatic carbocycles. The summed E-state index contributed by atoms with van der Waals surface area (Å²) in [6.45, 7) is 4.47. The lowest BCUT2D eigenvalue weighted by atomic mass is 9.93. The number of hydrogen-bond acceptors (Lipinski definition) is 2. The predicted octanol–water partition coefficient (Wildman–Crippen LogP) is -0.645. The van der Waals surface area contributed by atoms with Crippen LogP contribution in [0.5, 0.6) is 0 Å². The van der Waals surface area contributed by atoms with Crippen molar-refractivity contribution in [2.24, 2.45) is 0 Å². The first-order valence-corrected chi connectivity index (χ1v) is 4.89. The van der Waals surface area contributed by atoms with Crippen molar-refractivity contribution in [3.63, 3.8) is 0 Å². The number of nitrogens with one attached hydrogen (secondary N) is 1. The third kappa shape index (κ3) is 1.86. The number of piperazine rings is 1. The van der Waals surface area contributed by atoms with Crippen LogP contribution < -0.4 is 15.7 Å². The first-order valence-electron chi connectivity index (χ1n) is 4.89. The largest absolute Gasteiger partial charge is 0.369 e. The van der Waals surface area contributed by atoms with Crippen molar-refractivity contribution in [3.8, 4) is 0 Å². The highest BCUT2D eigenvalue weighted by atomic mass is 15.2. The third-order valence-electron chi connectivity index (χ3n) is 2.57. The highest BCUT2D eigenvalue weighted by Crippen LogP contribution is 2.10. The molecule has 1 saturated heterocycles. The lowest BCUT2D eigenvalue weighted by molar-refractivity contribution is 0.590. The summed E-state index contributed by atoms with van der Waals surface area (Å²) in [5, 5.41) is 3.36. The van der Waals surface area contributed by atoms with Crippen LogP contribution in [0.25, 0.3) is 0 Å². The van der Waals surface area contributed by atoms with Crippen molar-refractivity contribution in [2.75, 3.05) is 31.1 Å². The van der Waals surface area contributed by atoms with Gasteiger partial charge in [0.15, 0.2) is 0 Å². The molecule has 1 aliphatic heterocycles. The quantitative estimate of drug-likeness (QED) is 0.569. The lowest BCUT2D eigenvalue weighted by Gasteiger charge is -2.30. The molecule has 0 amide bonds. The molecule has 0 atom stereocenters. The van der Waals surface area contributed by atoms with Gasteiger partial charge >= 0.3 is 0 Å². The normalized spacial score (nSPS) is 17.4. The van der Waals surface area contributed by atoms with Crippen molar-refractivity contribution in [2.45, 2.75) is 0 Å². The molecule has 1 fully saturated rings. The standard InChI is InChI=1S/C10H15BN2/c11-9-3-1-2-4-10(9)13-7-5-12-6-8-13/h1-4,12H,5-8,11H2. The number of anilines is 1. The van der Waals surface area contributed by atoms with E-state index in [0.717, 1.165) is 26.2 Å². The van der Waals surface area contributed by atoms with Gasteiger partial charge in [0.2, 0.25) is 0 Å². The van der Waals surface area contributed by atoms with Crippen LogP contribution in [0.4, 0.5) is 5.69 Å². The average Bonchev–Trinajstić information content (AvgIpc) is 2.20. The summed E-state index contributed by atoms with van der Waals surface area (Å²) in [5.74, 6) is 0. The second-order valence-corrected chi connectivity index (χ2v) is 3.52. The maximum atomic E-state index is 3.36. The molecule has 2 nitrogen and oxygen atoms in total. The third-order valence-corrected chi connectivity index (χ3v) is 2.57. The molecule has 1 N–H and O–H groups in total. The molecule has 2 rings (SSSR count). The molecule has 1 aliphatic rings. The SMILES string of the molecule is Bc1ccccc1N1CCNCC1. The summed E-state index contributed by atoms with van der Waals surface area (Å²) >= 11 is 0. The lowest BCUT2D eigenvalue weighted by Crippen LogP contribution is -2.45. The van der Waals surface area contributed by atoms with Gasteiger partial charge in [-0.1, -0.05) is 23.7 Å². The maximum absolute atomic E-state index is 3.36. The van der Waals surface area contributed by atoms with Crippen LogP contribution in [0.3, 0.4) is 0 Å². The fourth-order valence-electron chi connectivity index (χ4n) is 1.82. The zero-order valence-electron chi connectivity index (χ0n) is 8.09. The molecule has 0 saturated carbocycles. The fraction of sp³-hybridized carbons (Fsp3) is 0.400. The Balaban J connectivity index is 2.18. The van der Waals surface area contributed by atoms with Crippen molar-refractivity contribution < 1.29 is 0 Å². The molecule has 0 unspecified atom stereocenters. The van der Waals surface area contributed by atoms with Crippen molar-refractivity contribution >= 4 is 19.0 Å². The molecule has 68 valence electrons. The van der Waals surface area contributed by atoms with Gasteiger partial charge < -0.3 is 10.2 Å². The van der Waals surface area contributed by atoms with E-state index in [0.29, 0.717) is 0 Å². The van der Waals surface area contributed by atoms with Crippen LogP contribution in [0.1, 0.15) is 0 Å². The zero-order chi connectivity index (χ0) is 9.10. The van der Waals surface area contributed by atoms with Crippen LogP contribution in [-0.4, -0.2) is 34.0 Å². The van der Waals surface area contributed by atoms with Gasteiger partial charge in [-0.15, -0.1) is 0 Å². The van der Waals surface area contributed by atoms with Gasteiger partial charge in [-0.25, -0.2) is 0 Å². The van der Waals surface area contributed by atoms with Crippen LogP contribution in [0.15, 0.2) is 24.3 Å². The molecular weight excluding hydrogens is 159 g/mol. The van der Waals surface area contributed by atoms with Crippen LogP contribution in [0, 0.1) is 0 Å². The van der Waals surface area contributed by atoms with E-state index < -0.39 is 0 Å². The van der Waals surface area contributed by atoms with Gasteiger partial charge in [-0.2, -0.15) is 0 Å². The van der Waals surface area contributed by atoms with Crippen LogP contribution in [-0.2, 0) is 0 Å². The summed E-state index contributed by atoms with van der Waals surface area (Å²) in [6.07, 6.45) is 0. The molecule has 0 spiro atoms. The van der Waals surface area contributed by atoms with E-state index in [1.54, 1.807) is 0 Å². The first-order chi connectivity index (χ1) is 6.38. The summed E-state index contributed by atoms with van der Waals surface area (Å²) in [6, 6.07) is 8.60. The molecule has 1 heterocycles. The van der Waals surface area contributed by atoms with Gasteiger partial charge in [-0.3, -0.25) is 0 Å².